The minimum atomic E-state index is 0.0810. The van der Waals surface area contributed by atoms with Gasteiger partial charge in [-0.15, -0.1) is 0 Å². The third kappa shape index (κ3) is 4.79. The van der Waals surface area contributed by atoms with Gasteiger partial charge in [-0.3, -0.25) is 14.6 Å². The molecule has 1 aromatic rings. The maximum absolute atomic E-state index is 12.3. The molecule has 1 fully saturated rings. The summed E-state index contributed by atoms with van der Waals surface area (Å²) in [5.74, 6) is 0.252. The molecule has 0 saturated carbocycles. The molecule has 0 bridgehead atoms. The Balaban J connectivity index is 1.93. The largest absolute Gasteiger partial charge is 0.342 e. The Bertz CT molecular complexity index is 497. The first kappa shape index (κ1) is 18.0. The molecule has 0 aromatic heterocycles. The number of carbonyl (C=O) groups excluding carboxylic acids is 1. The van der Waals surface area contributed by atoms with E-state index in [9.17, 15) is 4.79 Å². The Kier molecular flexibility index (Phi) is 6.19. The zero-order valence-electron chi connectivity index (χ0n) is 15.1. The highest BCUT2D eigenvalue weighted by Crippen LogP contribution is 2.23. The summed E-state index contributed by atoms with van der Waals surface area (Å²) in [5.41, 5.74) is 1.44. The maximum atomic E-state index is 12.3. The first-order valence-electron chi connectivity index (χ1n) is 8.75. The van der Waals surface area contributed by atoms with E-state index in [4.69, 9.17) is 0 Å². The fourth-order valence-corrected chi connectivity index (χ4v) is 3.39. The number of carbonyl (C=O) groups is 1. The van der Waals surface area contributed by atoms with Gasteiger partial charge in [-0.05, 0) is 33.3 Å². The van der Waals surface area contributed by atoms with E-state index in [1.54, 1.807) is 0 Å². The van der Waals surface area contributed by atoms with Gasteiger partial charge in [-0.1, -0.05) is 30.3 Å². The Morgan fingerprint density at radius 3 is 2.35 bits per heavy atom. The van der Waals surface area contributed by atoms with Crippen LogP contribution in [0.1, 0.15) is 33.3 Å². The molecule has 1 saturated heterocycles. The fraction of sp³-hybridized carbons (Fsp3) is 0.632. The Labute approximate surface area is 141 Å². The van der Waals surface area contributed by atoms with Crippen LogP contribution in [-0.2, 0) is 11.3 Å². The van der Waals surface area contributed by atoms with E-state index >= 15 is 0 Å². The van der Waals surface area contributed by atoms with Crippen LogP contribution < -0.4 is 0 Å². The molecular formula is C19H31N3O. The summed E-state index contributed by atoms with van der Waals surface area (Å²) in [7, 11) is 0. The number of amides is 1. The van der Waals surface area contributed by atoms with Gasteiger partial charge in [0.15, 0.2) is 0 Å². The lowest BCUT2D eigenvalue weighted by molar-refractivity contribution is -0.133. The Morgan fingerprint density at radius 1 is 1.13 bits per heavy atom. The number of nitrogens with zero attached hydrogens (tertiary/aromatic N) is 3. The minimum Gasteiger partial charge on any atom is -0.342 e. The average Bonchev–Trinajstić information content (AvgIpc) is 2.52. The van der Waals surface area contributed by atoms with Gasteiger partial charge in [-0.2, -0.15) is 0 Å². The minimum absolute atomic E-state index is 0.0810. The molecule has 0 unspecified atom stereocenters. The lowest BCUT2D eigenvalue weighted by atomic mass is 9.97. The van der Waals surface area contributed by atoms with Gasteiger partial charge in [-0.25, -0.2) is 0 Å². The molecule has 23 heavy (non-hydrogen) atoms. The number of likely N-dealkylation sites (N-methyl/N-ethyl adjacent to an activating group) is 1. The summed E-state index contributed by atoms with van der Waals surface area (Å²) in [6.07, 6.45) is 0. The predicted molar refractivity (Wildman–Crippen MR) is 95.3 cm³/mol. The van der Waals surface area contributed by atoms with E-state index in [0.717, 1.165) is 39.3 Å². The van der Waals surface area contributed by atoms with Crippen molar-refractivity contribution in [1.29, 1.82) is 0 Å². The monoisotopic (exact) mass is 317 g/mol. The number of benzene rings is 1. The highest BCUT2D eigenvalue weighted by molar-refractivity contribution is 5.78. The quantitative estimate of drug-likeness (QED) is 0.806. The summed E-state index contributed by atoms with van der Waals surface area (Å²) in [5, 5.41) is 0. The molecule has 0 atom stereocenters. The van der Waals surface area contributed by atoms with Gasteiger partial charge in [0.25, 0.3) is 0 Å². The molecule has 1 aliphatic rings. The van der Waals surface area contributed by atoms with Crippen molar-refractivity contribution < 1.29 is 4.79 Å². The molecule has 1 heterocycles. The fourth-order valence-electron chi connectivity index (χ4n) is 3.39. The predicted octanol–water partition coefficient (Wildman–Crippen LogP) is 2.45. The maximum Gasteiger partial charge on any atom is 0.236 e. The third-order valence-electron chi connectivity index (χ3n) is 4.84. The molecule has 0 spiro atoms. The van der Waals surface area contributed by atoms with Crippen LogP contribution in [-0.4, -0.2) is 65.4 Å². The second-order valence-corrected chi connectivity index (χ2v) is 7.00. The van der Waals surface area contributed by atoms with E-state index in [1.807, 2.05) is 18.7 Å². The lowest BCUT2D eigenvalue weighted by Crippen LogP contribution is -2.60. The summed E-state index contributed by atoms with van der Waals surface area (Å²) in [4.78, 5) is 19.1. The molecule has 1 aliphatic heterocycles. The van der Waals surface area contributed by atoms with Crippen LogP contribution in [0, 0.1) is 0 Å². The number of hydrogen-bond donors (Lipinski definition) is 0. The van der Waals surface area contributed by atoms with Crippen LogP contribution in [0.5, 0.6) is 0 Å². The van der Waals surface area contributed by atoms with Gasteiger partial charge in [0.05, 0.1) is 6.54 Å². The molecule has 4 nitrogen and oxygen atoms in total. The lowest BCUT2D eigenvalue weighted by Gasteiger charge is -2.47. The molecule has 2 rings (SSSR count). The molecule has 0 N–H and O–H groups in total. The van der Waals surface area contributed by atoms with E-state index in [1.165, 1.54) is 5.56 Å². The summed E-state index contributed by atoms with van der Waals surface area (Å²) in [6, 6.07) is 10.6. The topological polar surface area (TPSA) is 26.8 Å². The molecule has 1 amide bonds. The standard InChI is InChI=1S/C19H31N3O/c1-5-21(6-2)18(23)15-20-12-13-22(19(3,4)16-20)14-17-10-8-7-9-11-17/h7-11H,5-6,12-16H2,1-4H3. The average molecular weight is 317 g/mol. The highest BCUT2D eigenvalue weighted by atomic mass is 16.2. The molecule has 128 valence electrons. The van der Waals surface area contributed by atoms with E-state index in [0.29, 0.717) is 6.54 Å². The second-order valence-electron chi connectivity index (χ2n) is 7.00. The van der Waals surface area contributed by atoms with Crippen LogP contribution in [0.3, 0.4) is 0 Å². The van der Waals surface area contributed by atoms with Crippen LogP contribution >= 0.6 is 0 Å². The van der Waals surface area contributed by atoms with Crippen LogP contribution in [0.4, 0.5) is 0 Å². The Hall–Kier alpha value is -1.39. The van der Waals surface area contributed by atoms with Crippen molar-refractivity contribution >= 4 is 5.91 Å². The van der Waals surface area contributed by atoms with E-state index < -0.39 is 0 Å². The Morgan fingerprint density at radius 2 is 1.78 bits per heavy atom. The molecule has 4 heteroatoms. The van der Waals surface area contributed by atoms with Gasteiger partial charge in [0.1, 0.15) is 0 Å². The first-order chi connectivity index (χ1) is 11.0. The zero-order chi connectivity index (χ0) is 16.9. The second kappa shape index (κ2) is 7.93. The van der Waals surface area contributed by atoms with Crippen molar-refractivity contribution in [3.05, 3.63) is 35.9 Å². The summed E-state index contributed by atoms with van der Waals surface area (Å²) < 4.78 is 0. The third-order valence-corrected chi connectivity index (χ3v) is 4.84. The van der Waals surface area contributed by atoms with Crippen molar-refractivity contribution in [2.75, 3.05) is 39.3 Å². The molecule has 0 radical (unpaired) electrons. The SMILES string of the molecule is CCN(CC)C(=O)CN1CCN(Cc2ccccc2)C(C)(C)C1. The first-order valence-corrected chi connectivity index (χ1v) is 8.75. The molecular weight excluding hydrogens is 286 g/mol. The smallest absolute Gasteiger partial charge is 0.236 e. The van der Waals surface area contributed by atoms with Crippen LogP contribution in [0.15, 0.2) is 30.3 Å². The molecule has 1 aromatic carbocycles. The summed E-state index contributed by atoms with van der Waals surface area (Å²) >= 11 is 0. The van der Waals surface area contributed by atoms with Gasteiger partial charge in [0, 0.05) is 44.8 Å². The van der Waals surface area contributed by atoms with E-state index in [2.05, 4.69) is 54.0 Å². The van der Waals surface area contributed by atoms with Crippen molar-refractivity contribution in [2.24, 2.45) is 0 Å². The highest BCUT2D eigenvalue weighted by Gasteiger charge is 2.34. The molecule has 0 aliphatic carbocycles. The van der Waals surface area contributed by atoms with Gasteiger partial charge < -0.3 is 4.90 Å². The normalized spacial score (nSPS) is 18.8. The van der Waals surface area contributed by atoms with Gasteiger partial charge >= 0.3 is 0 Å². The van der Waals surface area contributed by atoms with Crippen molar-refractivity contribution in [3.8, 4) is 0 Å². The van der Waals surface area contributed by atoms with Crippen molar-refractivity contribution in [1.82, 2.24) is 14.7 Å². The summed E-state index contributed by atoms with van der Waals surface area (Å²) in [6.45, 7) is 14.7. The number of hydrogen-bond acceptors (Lipinski definition) is 3. The van der Waals surface area contributed by atoms with Crippen molar-refractivity contribution in [3.63, 3.8) is 0 Å². The van der Waals surface area contributed by atoms with E-state index in [-0.39, 0.29) is 11.4 Å². The zero-order valence-corrected chi connectivity index (χ0v) is 15.1. The van der Waals surface area contributed by atoms with Crippen LogP contribution in [0.25, 0.3) is 0 Å². The van der Waals surface area contributed by atoms with Gasteiger partial charge in [0.2, 0.25) is 5.91 Å². The van der Waals surface area contributed by atoms with Crippen molar-refractivity contribution in [2.45, 2.75) is 39.8 Å². The number of rotatable bonds is 6. The van der Waals surface area contributed by atoms with Crippen LogP contribution in [0.2, 0.25) is 0 Å². The number of piperazine rings is 1.